The van der Waals surface area contributed by atoms with Crippen molar-refractivity contribution in [2.45, 2.75) is 12.8 Å². The highest BCUT2D eigenvalue weighted by Gasteiger charge is 2.22. The number of pyridine rings is 1. The molecule has 110 valence electrons. The van der Waals surface area contributed by atoms with Gasteiger partial charge in [-0.15, -0.1) is 0 Å². The molecule has 0 spiro atoms. The van der Waals surface area contributed by atoms with Gasteiger partial charge in [-0.25, -0.2) is 0 Å². The molecule has 3 rings (SSSR count). The minimum Gasteiger partial charge on any atom is -0.476 e. The molecule has 1 aliphatic carbocycles. The molecule has 1 fully saturated rings. The van der Waals surface area contributed by atoms with E-state index in [0.29, 0.717) is 40.7 Å². The molecule has 1 aromatic heterocycles. The van der Waals surface area contributed by atoms with E-state index in [2.05, 4.69) is 20.9 Å². The average molecular weight is 370 g/mol. The smallest absolute Gasteiger partial charge is 0.240 e. The van der Waals surface area contributed by atoms with E-state index in [1.165, 1.54) is 12.8 Å². The van der Waals surface area contributed by atoms with Gasteiger partial charge >= 0.3 is 0 Å². The fourth-order valence-corrected chi connectivity index (χ4v) is 2.47. The third-order valence-electron chi connectivity index (χ3n) is 3.13. The summed E-state index contributed by atoms with van der Waals surface area (Å²) in [4.78, 5) is 4.29. The van der Waals surface area contributed by atoms with E-state index >= 15 is 0 Å². The molecule has 0 radical (unpaired) electrons. The zero-order valence-electron chi connectivity index (χ0n) is 11.2. The Hall–Kier alpha value is -1.46. The zero-order valence-corrected chi connectivity index (χ0v) is 13.5. The molecule has 0 aliphatic heterocycles. The van der Waals surface area contributed by atoms with Crippen LogP contribution in [0.4, 0.5) is 5.69 Å². The van der Waals surface area contributed by atoms with Gasteiger partial charge < -0.3 is 15.2 Å². The summed E-state index contributed by atoms with van der Waals surface area (Å²) in [6, 6.07) is 8.80. The Labute approximate surface area is 136 Å². The van der Waals surface area contributed by atoms with Crippen LogP contribution in [0.15, 0.2) is 34.8 Å². The van der Waals surface area contributed by atoms with E-state index in [4.69, 9.17) is 26.8 Å². The summed E-state index contributed by atoms with van der Waals surface area (Å²) in [5.41, 5.74) is 6.37. The lowest BCUT2D eigenvalue weighted by molar-refractivity contribution is 0.286. The first-order chi connectivity index (χ1) is 10.1. The third-order valence-corrected chi connectivity index (χ3v) is 3.91. The topological polar surface area (TPSA) is 57.4 Å². The number of rotatable bonds is 5. The van der Waals surface area contributed by atoms with Crippen molar-refractivity contribution in [3.63, 3.8) is 0 Å². The quantitative estimate of drug-likeness (QED) is 0.832. The molecule has 0 unspecified atom stereocenters. The molecule has 0 saturated heterocycles. The van der Waals surface area contributed by atoms with Crippen LogP contribution in [0.1, 0.15) is 12.8 Å². The number of nitrogens with zero attached hydrogens (tertiary/aromatic N) is 1. The summed E-state index contributed by atoms with van der Waals surface area (Å²) in [6.07, 6.45) is 2.43. The van der Waals surface area contributed by atoms with Gasteiger partial charge in [-0.1, -0.05) is 27.5 Å². The summed E-state index contributed by atoms with van der Waals surface area (Å²) in [7, 11) is 0. The highest BCUT2D eigenvalue weighted by molar-refractivity contribution is 9.10. The number of hydrogen-bond donors (Lipinski definition) is 1. The normalized spacial score (nSPS) is 14.0. The molecule has 6 heteroatoms. The van der Waals surface area contributed by atoms with Gasteiger partial charge in [0, 0.05) is 10.5 Å². The maximum Gasteiger partial charge on any atom is 0.240 e. The van der Waals surface area contributed by atoms with Crippen molar-refractivity contribution >= 4 is 33.2 Å². The van der Waals surface area contributed by atoms with Crippen molar-refractivity contribution in [3.05, 3.63) is 39.8 Å². The molecule has 0 atom stereocenters. The van der Waals surface area contributed by atoms with E-state index in [0.717, 1.165) is 4.47 Å². The van der Waals surface area contributed by atoms with Crippen LogP contribution in [0.25, 0.3) is 0 Å². The van der Waals surface area contributed by atoms with Crippen molar-refractivity contribution in [1.29, 1.82) is 0 Å². The number of ether oxygens (including phenoxy) is 2. The number of benzene rings is 1. The zero-order chi connectivity index (χ0) is 14.8. The van der Waals surface area contributed by atoms with E-state index in [1.807, 2.05) is 6.07 Å². The summed E-state index contributed by atoms with van der Waals surface area (Å²) < 4.78 is 12.2. The minimum atomic E-state index is 0.402. The second-order valence-corrected chi connectivity index (χ2v) is 6.30. The molecule has 1 heterocycles. The Morgan fingerprint density at radius 2 is 2.10 bits per heavy atom. The Morgan fingerprint density at radius 3 is 2.81 bits per heavy atom. The Kier molecular flexibility index (Phi) is 4.22. The SMILES string of the molecule is Nc1ccc(Oc2ccc(Br)cc2Cl)nc1OCC1CC1. The molecule has 2 aromatic rings. The van der Waals surface area contributed by atoms with Crippen LogP contribution in [0.3, 0.4) is 0 Å². The lowest BCUT2D eigenvalue weighted by atomic mass is 10.3. The number of halogens is 2. The van der Waals surface area contributed by atoms with E-state index in [-0.39, 0.29) is 0 Å². The van der Waals surface area contributed by atoms with Gasteiger partial charge in [-0.05, 0) is 43.0 Å². The van der Waals surface area contributed by atoms with Gasteiger partial charge in [-0.2, -0.15) is 4.98 Å². The first-order valence-electron chi connectivity index (χ1n) is 6.64. The second-order valence-electron chi connectivity index (χ2n) is 4.98. The molecule has 1 aromatic carbocycles. The number of aromatic nitrogens is 1. The monoisotopic (exact) mass is 368 g/mol. The molecule has 2 N–H and O–H groups in total. The molecule has 0 amide bonds. The Bertz CT molecular complexity index is 662. The number of nitrogens with two attached hydrogens (primary N) is 1. The highest BCUT2D eigenvalue weighted by Crippen LogP contribution is 2.34. The lowest BCUT2D eigenvalue weighted by Gasteiger charge is -2.11. The second kappa shape index (κ2) is 6.12. The molecule has 0 bridgehead atoms. The van der Waals surface area contributed by atoms with Crippen LogP contribution >= 0.6 is 27.5 Å². The molecular weight excluding hydrogens is 356 g/mol. The molecule has 21 heavy (non-hydrogen) atoms. The predicted octanol–water partition coefficient (Wildman–Crippen LogP) is 4.66. The predicted molar refractivity (Wildman–Crippen MR) is 86.1 cm³/mol. The largest absolute Gasteiger partial charge is 0.476 e. The van der Waals surface area contributed by atoms with Crippen molar-refractivity contribution in [2.75, 3.05) is 12.3 Å². The summed E-state index contributed by atoms with van der Waals surface area (Å²) in [5.74, 6) is 1.98. The average Bonchev–Trinajstić information content (AvgIpc) is 3.26. The molecular formula is C15H14BrClN2O2. The lowest BCUT2D eigenvalue weighted by Crippen LogP contribution is -2.04. The van der Waals surface area contributed by atoms with Gasteiger partial charge in [0.1, 0.15) is 5.75 Å². The van der Waals surface area contributed by atoms with Crippen LogP contribution in [0.5, 0.6) is 17.5 Å². The van der Waals surface area contributed by atoms with E-state index in [1.54, 1.807) is 24.3 Å². The third kappa shape index (κ3) is 3.80. The van der Waals surface area contributed by atoms with Crippen LogP contribution in [-0.2, 0) is 0 Å². The number of anilines is 1. The molecule has 4 nitrogen and oxygen atoms in total. The highest BCUT2D eigenvalue weighted by atomic mass is 79.9. The minimum absolute atomic E-state index is 0.402. The van der Waals surface area contributed by atoms with E-state index in [9.17, 15) is 0 Å². The Morgan fingerprint density at radius 1 is 1.29 bits per heavy atom. The van der Waals surface area contributed by atoms with Crippen molar-refractivity contribution in [2.24, 2.45) is 5.92 Å². The van der Waals surface area contributed by atoms with Gasteiger partial charge in [0.15, 0.2) is 0 Å². The standard InChI is InChI=1S/C15H14BrClN2O2/c16-10-3-5-13(11(17)7-10)21-14-6-4-12(18)15(19-14)20-8-9-1-2-9/h3-7,9H,1-2,8,18H2. The van der Waals surface area contributed by atoms with Crippen LogP contribution in [-0.4, -0.2) is 11.6 Å². The van der Waals surface area contributed by atoms with E-state index < -0.39 is 0 Å². The number of nitrogen functional groups attached to an aromatic ring is 1. The van der Waals surface area contributed by atoms with Gasteiger partial charge in [0.25, 0.3) is 0 Å². The first kappa shape index (κ1) is 14.5. The van der Waals surface area contributed by atoms with Crippen LogP contribution < -0.4 is 15.2 Å². The maximum absolute atomic E-state index is 6.12. The summed E-state index contributed by atoms with van der Waals surface area (Å²) in [6.45, 7) is 0.652. The summed E-state index contributed by atoms with van der Waals surface area (Å²) >= 11 is 9.47. The first-order valence-corrected chi connectivity index (χ1v) is 7.81. The van der Waals surface area contributed by atoms with Crippen molar-refractivity contribution in [3.8, 4) is 17.5 Å². The van der Waals surface area contributed by atoms with Crippen LogP contribution in [0.2, 0.25) is 5.02 Å². The summed E-state index contributed by atoms with van der Waals surface area (Å²) in [5, 5.41) is 0.503. The molecule has 1 aliphatic rings. The van der Waals surface area contributed by atoms with Gasteiger partial charge in [0.05, 0.1) is 17.3 Å². The fourth-order valence-electron chi connectivity index (χ4n) is 1.76. The van der Waals surface area contributed by atoms with Crippen molar-refractivity contribution < 1.29 is 9.47 Å². The van der Waals surface area contributed by atoms with Crippen LogP contribution in [0, 0.1) is 5.92 Å². The van der Waals surface area contributed by atoms with Gasteiger partial charge in [0.2, 0.25) is 11.8 Å². The fraction of sp³-hybridized carbons (Fsp3) is 0.267. The number of hydrogen-bond acceptors (Lipinski definition) is 4. The van der Waals surface area contributed by atoms with Gasteiger partial charge in [-0.3, -0.25) is 0 Å². The maximum atomic E-state index is 6.12. The Balaban J connectivity index is 1.76. The molecule has 1 saturated carbocycles. The van der Waals surface area contributed by atoms with Crippen molar-refractivity contribution in [1.82, 2.24) is 4.98 Å².